The van der Waals surface area contributed by atoms with Crippen molar-refractivity contribution >= 4 is 176 Å². The summed E-state index contributed by atoms with van der Waals surface area (Å²) in [6.45, 7) is 8.35. The van der Waals surface area contributed by atoms with Crippen LogP contribution in [0.15, 0.2) is 289 Å². The van der Waals surface area contributed by atoms with Crippen molar-refractivity contribution in [1.29, 1.82) is 0 Å². The lowest BCUT2D eigenvalue weighted by molar-refractivity contribution is 0.00578. The van der Waals surface area contributed by atoms with Crippen LogP contribution < -0.4 is 61.9 Å². The van der Waals surface area contributed by atoms with Gasteiger partial charge in [0.05, 0.1) is 34.0 Å². The molecule has 100 heavy (non-hydrogen) atoms. The van der Waals surface area contributed by atoms with Gasteiger partial charge < -0.3 is 59.0 Å². The maximum absolute atomic E-state index is 9.35. The van der Waals surface area contributed by atoms with Crippen LogP contribution in [-0.2, 0) is 9.31 Å². The Morgan fingerprint density at radius 2 is 0.820 bits per heavy atom. The molecule has 0 atom stereocenters. The van der Waals surface area contributed by atoms with Gasteiger partial charge in [-0.05, 0) is 198 Å². The number of hydrogen-bond acceptors (Lipinski definition) is 12. The SMILES string of the molecule is Brc1ccc(Br)c(-c2ccccc2B2Nc3ccccc3O2)c1.Brc1ccc2c(c1)-c1ccccc1B1Oc3ccccc3N12.CC1(C)OB(c2ccc3c(c2)-c2ccccc2B2Oc4ccccc4N23)OC1(C)C.Nc1ccccc1O.OB(O)c1ccccc1-c1cc(Br)ccc1Br. The van der Waals surface area contributed by atoms with Gasteiger partial charge in [-0.3, -0.25) is 0 Å². The minimum absolute atomic E-state index is 0.0812. The van der Waals surface area contributed by atoms with Crippen molar-refractivity contribution in [1.82, 2.24) is 0 Å². The van der Waals surface area contributed by atoms with Gasteiger partial charge in [-0.25, -0.2) is 0 Å². The van der Waals surface area contributed by atoms with E-state index in [-0.39, 0.29) is 45.2 Å². The van der Waals surface area contributed by atoms with Crippen molar-refractivity contribution in [3.8, 4) is 67.5 Å². The molecule has 492 valence electrons. The molecule has 0 bridgehead atoms. The molecule has 0 aromatic heterocycles. The quantitative estimate of drug-likeness (QED) is 0.0634. The fourth-order valence-corrected chi connectivity index (χ4v) is 14.9. The Morgan fingerprint density at radius 1 is 0.400 bits per heavy atom. The molecule has 12 aromatic carbocycles. The topological polar surface area (TPSA) is 151 Å². The van der Waals surface area contributed by atoms with E-state index < -0.39 is 7.12 Å². The number of hydrogen-bond donors (Lipinski definition) is 5. The van der Waals surface area contributed by atoms with E-state index in [4.69, 9.17) is 34.1 Å². The first-order chi connectivity index (χ1) is 48.3. The molecule has 6 heterocycles. The molecule has 0 aliphatic carbocycles. The zero-order valence-corrected chi connectivity index (χ0v) is 62.5. The van der Waals surface area contributed by atoms with Gasteiger partial charge in [0.1, 0.15) is 23.0 Å². The normalized spacial score (nSPS) is 14.3. The number of rotatable bonds is 5. The molecular formula is C78H62B5Br5N4O8. The zero-order valence-electron chi connectivity index (χ0n) is 54.5. The number of phenols is 1. The van der Waals surface area contributed by atoms with E-state index in [9.17, 15) is 10.0 Å². The lowest BCUT2D eigenvalue weighted by Gasteiger charge is -2.32. The van der Waals surface area contributed by atoms with E-state index in [1.165, 1.54) is 38.9 Å². The Bertz CT molecular complexity index is 5020. The molecule has 0 saturated carbocycles. The van der Waals surface area contributed by atoms with Crippen molar-refractivity contribution in [2.45, 2.75) is 38.9 Å². The standard InChI is InChI=1S/C24H23B2NO3.C18H12BBr2NO.C18H11BBrNO.C12H9BBr2O2.C6H7NO/c1-23(2)24(3,4)30-26(29-23)16-13-14-20-18(15-16)17-9-5-6-10-19(17)25-27(20)21-11-7-8-12-22(21)28-25;20-12-9-10-16(21)14(11-12)13-5-1-2-6-15(13)19-22-17-7-3-4-8-18(17)23-19;20-12-9-10-16-14(11-12)13-5-1-2-6-15(13)19-21(16)17-7-3-4-8-18(17)22-19;14-8-5-6-12(15)10(7-8)9-3-1-2-4-11(9)13(16)17;7-5-3-1-2-4-6(5)8/h5-15H,1-4H3;1-11,22H;1-11H;1-7,16-17H;1-4,8H,7H2. The lowest BCUT2D eigenvalue weighted by atomic mass is 9.64. The number of nitrogens with two attached hydrogens (primary N) is 1. The van der Waals surface area contributed by atoms with Gasteiger partial charge in [-0.15, -0.1) is 0 Å². The van der Waals surface area contributed by atoms with Crippen LogP contribution in [-0.4, -0.2) is 61.7 Å². The number of halogens is 5. The maximum Gasteiger partial charge on any atom is 0.524 e. The summed E-state index contributed by atoms with van der Waals surface area (Å²) in [6.07, 6.45) is 0. The number of nitrogens with one attached hydrogen (secondary N) is 1. The highest BCUT2D eigenvalue weighted by molar-refractivity contribution is 9.11. The molecule has 0 radical (unpaired) electrons. The van der Waals surface area contributed by atoms with Crippen LogP contribution in [0.3, 0.4) is 0 Å². The first-order valence-corrected chi connectivity index (χ1v) is 36.4. The van der Waals surface area contributed by atoms with Crippen LogP contribution in [0.1, 0.15) is 27.7 Å². The second-order valence-electron chi connectivity index (χ2n) is 25.3. The first kappa shape index (κ1) is 68.7. The third-order valence-electron chi connectivity index (χ3n) is 18.5. The van der Waals surface area contributed by atoms with E-state index >= 15 is 0 Å². The van der Waals surface area contributed by atoms with Crippen LogP contribution in [0.25, 0.3) is 44.5 Å². The molecular weight excluding hydrogens is 1570 g/mol. The van der Waals surface area contributed by atoms with Crippen molar-refractivity contribution < 1.29 is 38.4 Å². The van der Waals surface area contributed by atoms with Crippen LogP contribution in [0.4, 0.5) is 34.1 Å². The molecule has 22 heteroatoms. The lowest BCUT2D eigenvalue weighted by Crippen LogP contribution is -2.50. The minimum atomic E-state index is -1.47. The van der Waals surface area contributed by atoms with E-state index in [2.05, 4.69) is 250 Å². The highest BCUT2D eigenvalue weighted by Crippen LogP contribution is 2.49. The zero-order chi connectivity index (χ0) is 69.6. The summed E-state index contributed by atoms with van der Waals surface area (Å²) in [4.78, 5) is 4.58. The number of phenolic OH excluding ortho intramolecular Hbond substituents is 1. The number of anilines is 6. The number of benzene rings is 12. The van der Waals surface area contributed by atoms with Gasteiger partial charge in [0.15, 0.2) is 0 Å². The molecule has 0 unspecified atom stereocenters. The van der Waals surface area contributed by atoms with E-state index in [0.29, 0.717) is 11.2 Å². The Labute approximate surface area is 625 Å². The second-order valence-corrected chi connectivity index (χ2v) is 29.8. The summed E-state index contributed by atoms with van der Waals surface area (Å²) in [5, 5.41) is 30.9. The van der Waals surface area contributed by atoms with Crippen LogP contribution in [0.2, 0.25) is 0 Å². The Balaban J connectivity index is 0.000000111. The Morgan fingerprint density at radius 3 is 1.35 bits per heavy atom. The van der Waals surface area contributed by atoms with Crippen molar-refractivity contribution in [3.05, 3.63) is 289 Å². The van der Waals surface area contributed by atoms with Crippen LogP contribution in [0, 0.1) is 0 Å². The summed E-state index contributed by atoms with van der Waals surface area (Å²) < 4.78 is 36.4. The Hall–Kier alpha value is -8.40. The fourth-order valence-electron chi connectivity index (χ4n) is 12.9. The molecule has 6 aliphatic heterocycles. The number of nitrogen functional groups attached to an aromatic ring is 1. The molecule has 0 amide bonds. The maximum atomic E-state index is 9.35. The summed E-state index contributed by atoms with van der Waals surface area (Å²) in [7, 11) is -2.27. The predicted octanol–water partition coefficient (Wildman–Crippen LogP) is 16.9. The van der Waals surface area contributed by atoms with Gasteiger partial charge in [0, 0.05) is 44.9 Å². The highest BCUT2D eigenvalue weighted by Gasteiger charge is 2.53. The van der Waals surface area contributed by atoms with Gasteiger partial charge in [-0.2, -0.15) is 0 Å². The molecule has 1 fully saturated rings. The number of fused-ring (bicyclic) bond motifs is 17. The second kappa shape index (κ2) is 28.9. The first-order valence-electron chi connectivity index (χ1n) is 32.4. The molecule has 6 N–H and O–H groups in total. The molecule has 1 saturated heterocycles. The van der Waals surface area contributed by atoms with Crippen LogP contribution in [0.5, 0.6) is 23.0 Å². The predicted molar refractivity (Wildman–Crippen MR) is 429 cm³/mol. The van der Waals surface area contributed by atoms with E-state index in [1.54, 1.807) is 36.4 Å². The monoisotopic (exact) mass is 1630 g/mol. The summed E-state index contributed by atoms with van der Waals surface area (Å²) >= 11 is 17.7. The van der Waals surface area contributed by atoms with E-state index in [0.717, 1.165) is 95.5 Å². The highest BCUT2D eigenvalue weighted by atomic mass is 79.9. The number of aromatic hydroxyl groups is 1. The molecule has 18 rings (SSSR count). The Kier molecular flexibility index (Phi) is 19.9. The van der Waals surface area contributed by atoms with Gasteiger partial charge in [-0.1, -0.05) is 237 Å². The third kappa shape index (κ3) is 13.7. The molecule has 12 nitrogen and oxygen atoms in total. The molecule has 12 aromatic rings. The molecule has 6 aliphatic rings. The third-order valence-corrected chi connectivity index (χ3v) is 21.4. The van der Waals surface area contributed by atoms with Crippen molar-refractivity contribution in [2.75, 3.05) is 20.6 Å². The minimum Gasteiger partial charge on any atom is -0.536 e. The summed E-state index contributed by atoms with van der Waals surface area (Å²) in [5.41, 5.74) is 24.4. The largest absolute Gasteiger partial charge is 0.536 e. The van der Waals surface area contributed by atoms with Gasteiger partial charge in [0.25, 0.3) is 0 Å². The van der Waals surface area contributed by atoms with E-state index in [1.807, 2.05) is 103 Å². The smallest absolute Gasteiger partial charge is 0.524 e. The number of para-hydroxylation sites is 8. The summed E-state index contributed by atoms with van der Waals surface area (Å²) in [6, 6.07) is 88.6. The van der Waals surface area contributed by atoms with Gasteiger partial charge in [0.2, 0.25) is 0 Å². The number of nitrogens with zero attached hydrogens (tertiary/aromatic N) is 2. The van der Waals surface area contributed by atoms with Crippen molar-refractivity contribution in [3.63, 3.8) is 0 Å². The van der Waals surface area contributed by atoms with Gasteiger partial charge >= 0.3 is 35.4 Å². The molecule has 0 spiro atoms. The average Bonchev–Trinajstić information content (AvgIpc) is 1.54. The van der Waals surface area contributed by atoms with Crippen LogP contribution >= 0.6 is 79.6 Å². The fraction of sp³-hybridized carbons (Fsp3) is 0.0769. The summed E-state index contributed by atoms with van der Waals surface area (Å²) in [5.74, 6) is 2.89. The van der Waals surface area contributed by atoms with Crippen molar-refractivity contribution in [2.24, 2.45) is 0 Å². The average molecular weight is 1640 g/mol.